The molecule has 124 valence electrons. The van der Waals surface area contributed by atoms with Gasteiger partial charge >= 0.3 is 5.97 Å². The van der Waals surface area contributed by atoms with Gasteiger partial charge in [-0.1, -0.05) is 13.3 Å². The van der Waals surface area contributed by atoms with E-state index >= 15 is 0 Å². The van der Waals surface area contributed by atoms with E-state index in [9.17, 15) is 9.59 Å². The summed E-state index contributed by atoms with van der Waals surface area (Å²) in [6.45, 7) is 7.74. The van der Waals surface area contributed by atoms with Gasteiger partial charge < -0.3 is 15.0 Å². The van der Waals surface area contributed by atoms with Crippen LogP contribution >= 0.6 is 0 Å². The fourth-order valence-electron chi connectivity index (χ4n) is 2.62. The first-order valence-electron chi connectivity index (χ1n) is 7.97. The second kappa shape index (κ2) is 7.31. The fourth-order valence-corrected chi connectivity index (χ4v) is 2.62. The van der Waals surface area contributed by atoms with Crippen LogP contribution in [-0.2, 0) is 9.53 Å². The van der Waals surface area contributed by atoms with E-state index < -0.39 is 5.97 Å². The zero-order valence-corrected chi connectivity index (χ0v) is 14.2. The molecule has 2 aromatic rings. The fraction of sp³-hybridized carbons (Fsp3) is 0.444. The third kappa shape index (κ3) is 4.12. The van der Waals surface area contributed by atoms with Gasteiger partial charge in [0.15, 0.2) is 6.61 Å². The van der Waals surface area contributed by atoms with Gasteiger partial charge in [0.2, 0.25) is 0 Å². The Morgan fingerprint density at radius 3 is 2.74 bits per heavy atom. The first kappa shape index (κ1) is 17.1. The number of nitrogens with one attached hydrogen (secondary N) is 2. The summed E-state index contributed by atoms with van der Waals surface area (Å²) in [5, 5.41) is 3.81. The highest BCUT2D eigenvalue weighted by molar-refractivity contribution is 5.96. The molecule has 1 atom stereocenters. The first-order valence-corrected chi connectivity index (χ1v) is 7.97. The average molecular weight is 316 g/mol. The maximum Gasteiger partial charge on any atom is 0.338 e. The molecule has 1 heterocycles. The smallest absolute Gasteiger partial charge is 0.338 e. The van der Waals surface area contributed by atoms with Gasteiger partial charge in [0.05, 0.1) is 5.56 Å². The molecule has 0 aliphatic rings. The highest BCUT2D eigenvalue weighted by atomic mass is 16.5. The molecule has 0 spiro atoms. The quantitative estimate of drug-likeness (QED) is 0.804. The third-order valence-electron chi connectivity index (χ3n) is 4.01. The number of hydrogen-bond acceptors (Lipinski definition) is 3. The van der Waals surface area contributed by atoms with Crippen molar-refractivity contribution in [3.63, 3.8) is 0 Å². The summed E-state index contributed by atoms with van der Waals surface area (Å²) in [6, 6.07) is 5.45. The van der Waals surface area contributed by atoms with Gasteiger partial charge in [0, 0.05) is 22.6 Å². The molecule has 0 fully saturated rings. The lowest BCUT2D eigenvalue weighted by atomic mass is 10.1. The number of aromatic nitrogens is 1. The number of benzene rings is 1. The predicted molar refractivity (Wildman–Crippen MR) is 90.6 cm³/mol. The summed E-state index contributed by atoms with van der Waals surface area (Å²) >= 11 is 0. The van der Waals surface area contributed by atoms with E-state index in [1.165, 1.54) is 0 Å². The molecule has 0 saturated heterocycles. The van der Waals surface area contributed by atoms with E-state index in [1.54, 1.807) is 12.1 Å². The Kier molecular flexibility index (Phi) is 5.42. The molecule has 2 rings (SSSR count). The summed E-state index contributed by atoms with van der Waals surface area (Å²) in [6.07, 6.45) is 1.90. The zero-order chi connectivity index (χ0) is 17.0. The predicted octanol–water partition coefficient (Wildman–Crippen LogP) is 3.25. The van der Waals surface area contributed by atoms with Crippen molar-refractivity contribution in [1.29, 1.82) is 0 Å². The van der Waals surface area contributed by atoms with Crippen molar-refractivity contribution in [2.45, 2.75) is 46.6 Å². The van der Waals surface area contributed by atoms with Crippen molar-refractivity contribution in [3.05, 3.63) is 35.0 Å². The SMILES string of the molecule is CCCC(C)NC(=O)COC(=O)c1ccc2[nH]c(C)c(C)c2c1. The molecule has 1 aromatic carbocycles. The van der Waals surface area contributed by atoms with Crippen molar-refractivity contribution in [1.82, 2.24) is 10.3 Å². The van der Waals surface area contributed by atoms with Crippen LogP contribution in [0.2, 0.25) is 0 Å². The number of amides is 1. The van der Waals surface area contributed by atoms with Crippen molar-refractivity contribution in [2.24, 2.45) is 0 Å². The van der Waals surface area contributed by atoms with Gasteiger partial charge in [-0.25, -0.2) is 4.79 Å². The van der Waals surface area contributed by atoms with Crippen LogP contribution in [0.1, 0.15) is 48.3 Å². The van der Waals surface area contributed by atoms with Gasteiger partial charge in [0.1, 0.15) is 0 Å². The number of rotatable bonds is 6. The second-order valence-electron chi connectivity index (χ2n) is 5.97. The minimum Gasteiger partial charge on any atom is -0.452 e. The minimum atomic E-state index is -0.483. The number of carbonyl (C=O) groups is 2. The second-order valence-corrected chi connectivity index (χ2v) is 5.97. The van der Waals surface area contributed by atoms with Crippen molar-refractivity contribution >= 4 is 22.8 Å². The average Bonchev–Trinajstić information content (AvgIpc) is 2.79. The number of H-pyrrole nitrogens is 1. The van der Waals surface area contributed by atoms with Crippen LogP contribution in [0, 0.1) is 13.8 Å². The normalized spacial score (nSPS) is 12.2. The molecule has 0 saturated carbocycles. The maximum absolute atomic E-state index is 12.1. The van der Waals surface area contributed by atoms with Crippen LogP contribution in [0.3, 0.4) is 0 Å². The van der Waals surface area contributed by atoms with Crippen LogP contribution in [0.5, 0.6) is 0 Å². The van der Waals surface area contributed by atoms with E-state index in [4.69, 9.17) is 4.74 Å². The lowest BCUT2D eigenvalue weighted by Crippen LogP contribution is -2.35. The summed E-state index contributed by atoms with van der Waals surface area (Å²) in [4.78, 5) is 27.1. The van der Waals surface area contributed by atoms with Gasteiger partial charge in [-0.05, 0) is 51.0 Å². The van der Waals surface area contributed by atoms with E-state index in [1.807, 2.05) is 26.8 Å². The first-order chi connectivity index (χ1) is 10.9. The van der Waals surface area contributed by atoms with E-state index in [-0.39, 0.29) is 18.6 Å². The maximum atomic E-state index is 12.1. The third-order valence-corrected chi connectivity index (χ3v) is 4.01. The molecule has 5 heteroatoms. The molecule has 5 nitrogen and oxygen atoms in total. The molecule has 2 N–H and O–H groups in total. The highest BCUT2D eigenvalue weighted by Gasteiger charge is 2.13. The number of aromatic amines is 1. The molecule has 1 amide bonds. The summed E-state index contributed by atoms with van der Waals surface area (Å²) < 4.78 is 5.10. The Morgan fingerprint density at radius 1 is 1.30 bits per heavy atom. The minimum absolute atomic E-state index is 0.0908. The highest BCUT2D eigenvalue weighted by Crippen LogP contribution is 2.22. The lowest BCUT2D eigenvalue weighted by Gasteiger charge is -2.12. The van der Waals surface area contributed by atoms with Crippen molar-refractivity contribution in [2.75, 3.05) is 6.61 Å². The lowest BCUT2D eigenvalue weighted by molar-refractivity contribution is -0.124. The van der Waals surface area contributed by atoms with Crippen LogP contribution in [-0.4, -0.2) is 29.5 Å². The molecule has 0 aliphatic heterocycles. The van der Waals surface area contributed by atoms with Crippen LogP contribution < -0.4 is 5.32 Å². The van der Waals surface area contributed by atoms with Crippen molar-refractivity contribution in [3.8, 4) is 0 Å². The Morgan fingerprint density at radius 2 is 2.04 bits per heavy atom. The Hall–Kier alpha value is -2.30. The van der Waals surface area contributed by atoms with Gasteiger partial charge in [-0.3, -0.25) is 4.79 Å². The Balaban J connectivity index is 1.98. The Bertz CT molecular complexity index is 718. The Labute approximate surface area is 136 Å². The molecular formula is C18H24N2O3. The molecule has 1 aromatic heterocycles. The van der Waals surface area contributed by atoms with Gasteiger partial charge in [0.25, 0.3) is 5.91 Å². The number of carbonyl (C=O) groups excluding carboxylic acids is 2. The van der Waals surface area contributed by atoms with E-state index in [0.717, 1.165) is 35.0 Å². The largest absolute Gasteiger partial charge is 0.452 e. The molecule has 1 unspecified atom stereocenters. The van der Waals surface area contributed by atoms with Gasteiger partial charge in [-0.15, -0.1) is 0 Å². The number of ether oxygens (including phenoxy) is 1. The monoisotopic (exact) mass is 316 g/mol. The van der Waals surface area contributed by atoms with Crippen LogP contribution in [0.15, 0.2) is 18.2 Å². The summed E-state index contributed by atoms with van der Waals surface area (Å²) in [7, 11) is 0. The number of hydrogen-bond donors (Lipinski definition) is 2. The molecule has 0 bridgehead atoms. The van der Waals surface area contributed by atoms with E-state index in [2.05, 4.69) is 17.2 Å². The van der Waals surface area contributed by atoms with Crippen LogP contribution in [0.25, 0.3) is 10.9 Å². The number of esters is 1. The molecule has 0 radical (unpaired) electrons. The van der Waals surface area contributed by atoms with E-state index in [0.29, 0.717) is 5.56 Å². The summed E-state index contributed by atoms with van der Waals surface area (Å²) in [5.41, 5.74) is 3.63. The number of fused-ring (bicyclic) bond motifs is 1. The van der Waals surface area contributed by atoms with Crippen LogP contribution in [0.4, 0.5) is 0 Å². The molecule has 0 aliphatic carbocycles. The molecule has 23 heavy (non-hydrogen) atoms. The standard InChI is InChI=1S/C18H24N2O3/c1-5-6-11(2)19-17(21)10-23-18(22)14-7-8-16-15(9-14)12(3)13(4)20-16/h7-9,11,20H,5-6,10H2,1-4H3,(H,19,21). The van der Waals surface area contributed by atoms with Crippen molar-refractivity contribution < 1.29 is 14.3 Å². The topological polar surface area (TPSA) is 71.2 Å². The molecular weight excluding hydrogens is 292 g/mol. The zero-order valence-electron chi connectivity index (χ0n) is 14.2. The number of aryl methyl sites for hydroxylation is 2. The summed E-state index contributed by atoms with van der Waals surface area (Å²) in [5.74, 6) is -0.752. The van der Waals surface area contributed by atoms with Gasteiger partial charge in [-0.2, -0.15) is 0 Å².